The summed E-state index contributed by atoms with van der Waals surface area (Å²) in [6.45, 7) is 0. The SMILES string of the molecule is c1ccc(-c2nc(-c3ccccc3)nc(-c3cc4oc5ccc6ccccc6c5c4cc3-n3c4ccccc4c4cc5ccccc5cc43)n2)cc1. The van der Waals surface area contributed by atoms with Crippen LogP contribution in [0.4, 0.5) is 0 Å². The predicted molar refractivity (Wildman–Crippen MR) is 213 cm³/mol. The Morgan fingerprint density at radius 3 is 1.71 bits per heavy atom. The Bertz CT molecular complexity index is 3120. The van der Waals surface area contributed by atoms with Gasteiger partial charge in [-0.05, 0) is 57.9 Å². The lowest BCUT2D eigenvalue weighted by Gasteiger charge is -2.15. The number of rotatable bonds is 4. The van der Waals surface area contributed by atoms with Crippen LogP contribution in [0.5, 0.6) is 0 Å². The second-order valence-electron chi connectivity index (χ2n) is 13.2. The first-order valence-electron chi connectivity index (χ1n) is 17.4. The third-order valence-corrected chi connectivity index (χ3v) is 10.2. The van der Waals surface area contributed by atoms with E-state index < -0.39 is 0 Å². The van der Waals surface area contributed by atoms with Gasteiger partial charge < -0.3 is 8.98 Å². The number of para-hydroxylation sites is 1. The number of fused-ring (bicyclic) bond motifs is 9. The molecule has 0 amide bonds. The van der Waals surface area contributed by atoms with Gasteiger partial charge in [0.2, 0.25) is 0 Å². The van der Waals surface area contributed by atoms with Crippen LogP contribution < -0.4 is 0 Å². The maximum atomic E-state index is 6.68. The molecular weight excluding hydrogens is 637 g/mol. The van der Waals surface area contributed by atoms with E-state index in [2.05, 4.69) is 114 Å². The number of benzene rings is 8. The van der Waals surface area contributed by atoms with Gasteiger partial charge in [-0.15, -0.1) is 0 Å². The van der Waals surface area contributed by atoms with Crippen molar-refractivity contribution in [1.82, 2.24) is 19.5 Å². The zero-order valence-electron chi connectivity index (χ0n) is 27.9. The van der Waals surface area contributed by atoms with Crippen LogP contribution in [0.3, 0.4) is 0 Å². The zero-order chi connectivity index (χ0) is 34.2. The third-order valence-electron chi connectivity index (χ3n) is 10.2. The number of furan rings is 1. The second kappa shape index (κ2) is 11.2. The third kappa shape index (κ3) is 4.39. The van der Waals surface area contributed by atoms with E-state index >= 15 is 0 Å². The molecule has 0 bridgehead atoms. The first-order valence-corrected chi connectivity index (χ1v) is 17.4. The Balaban J connectivity index is 1.30. The van der Waals surface area contributed by atoms with Crippen molar-refractivity contribution in [1.29, 1.82) is 0 Å². The Kier molecular flexibility index (Phi) is 6.18. The molecule has 3 aromatic heterocycles. The van der Waals surface area contributed by atoms with Crippen LogP contribution in [0.15, 0.2) is 174 Å². The first kappa shape index (κ1) is 28.7. The molecule has 0 atom stereocenters. The van der Waals surface area contributed by atoms with E-state index in [0.717, 1.165) is 60.7 Å². The Morgan fingerprint density at radius 2 is 0.981 bits per heavy atom. The summed E-state index contributed by atoms with van der Waals surface area (Å²) < 4.78 is 9.06. The van der Waals surface area contributed by atoms with Crippen LogP contribution in [0.1, 0.15) is 0 Å². The van der Waals surface area contributed by atoms with E-state index in [1.165, 1.54) is 26.9 Å². The molecule has 0 aliphatic rings. The van der Waals surface area contributed by atoms with E-state index in [-0.39, 0.29) is 0 Å². The Morgan fingerprint density at radius 1 is 0.385 bits per heavy atom. The summed E-state index contributed by atoms with van der Waals surface area (Å²) in [6, 6.07) is 59.2. The van der Waals surface area contributed by atoms with Crippen LogP contribution in [-0.4, -0.2) is 19.5 Å². The fourth-order valence-corrected chi connectivity index (χ4v) is 7.79. The second-order valence-corrected chi connectivity index (χ2v) is 13.2. The molecule has 3 heterocycles. The van der Waals surface area contributed by atoms with E-state index in [9.17, 15) is 0 Å². The quantitative estimate of drug-likeness (QED) is 0.188. The van der Waals surface area contributed by atoms with Gasteiger partial charge in [-0.1, -0.05) is 133 Å². The lowest BCUT2D eigenvalue weighted by molar-refractivity contribution is 0.669. The highest BCUT2D eigenvalue weighted by Gasteiger charge is 2.23. The highest BCUT2D eigenvalue weighted by atomic mass is 16.3. The average Bonchev–Trinajstić information content (AvgIpc) is 3.74. The van der Waals surface area contributed by atoms with Gasteiger partial charge in [0.1, 0.15) is 11.2 Å². The molecule has 0 N–H and O–H groups in total. The molecule has 5 nitrogen and oxygen atoms in total. The highest BCUT2D eigenvalue weighted by Crippen LogP contribution is 2.43. The lowest BCUT2D eigenvalue weighted by atomic mass is 10.0. The van der Waals surface area contributed by atoms with Crippen LogP contribution in [-0.2, 0) is 0 Å². The van der Waals surface area contributed by atoms with Crippen molar-refractivity contribution in [3.8, 4) is 39.9 Å². The molecule has 0 spiro atoms. The smallest absolute Gasteiger partial charge is 0.166 e. The number of hydrogen-bond acceptors (Lipinski definition) is 4. The predicted octanol–water partition coefficient (Wildman–Crippen LogP) is 12.2. The van der Waals surface area contributed by atoms with Crippen molar-refractivity contribution >= 4 is 65.3 Å². The zero-order valence-corrected chi connectivity index (χ0v) is 27.9. The largest absolute Gasteiger partial charge is 0.456 e. The summed E-state index contributed by atoms with van der Waals surface area (Å²) >= 11 is 0. The van der Waals surface area contributed by atoms with Gasteiger partial charge in [-0.25, -0.2) is 15.0 Å². The topological polar surface area (TPSA) is 56.7 Å². The van der Waals surface area contributed by atoms with Gasteiger partial charge in [0.15, 0.2) is 17.5 Å². The first-order chi connectivity index (χ1) is 25.8. The normalized spacial score (nSPS) is 11.8. The van der Waals surface area contributed by atoms with Gasteiger partial charge in [-0.2, -0.15) is 0 Å². The number of nitrogens with zero attached hydrogens (tertiary/aromatic N) is 4. The molecule has 242 valence electrons. The molecule has 5 heteroatoms. The number of aromatic nitrogens is 4. The van der Waals surface area contributed by atoms with Crippen molar-refractivity contribution in [2.45, 2.75) is 0 Å². The van der Waals surface area contributed by atoms with Crippen molar-refractivity contribution in [2.24, 2.45) is 0 Å². The van der Waals surface area contributed by atoms with Gasteiger partial charge in [0.25, 0.3) is 0 Å². The summed E-state index contributed by atoms with van der Waals surface area (Å²) in [5.74, 6) is 1.79. The standard InChI is InChI=1S/C47H28N4O/c1-3-14-30(15-4-1)45-48-46(31-16-5-2-6-17-31)50-47(49-45)37-28-43-38(44-34-20-10-9-13-29(34)23-24-42(44)52-43)27-41(37)51-39-22-12-11-21-35(39)36-25-32-18-7-8-19-33(32)26-40(36)51/h1-28H. The summed E-state index contributed by atoms with van der Waals surface area (Å²) in [4.78, 5) is 15.4. The van der Waals surface area contributed by atoms with E-state index in [1.54, 1.807) is 0 Å². The summed E-state index contributed by atoms with van der Waals surface area (Å²) in [6.07, 6.45) is 0. The monoisotopic (exact) mass is 664 g/mol. The van der Waals surface area contributed by atoms with Crippen molar-refractivity contribution in [3.63, 3.8) is 0 Å². The Labute approximate surface area is 298 Å². The van der Waals surface area contributed by atoms with Crippen molar-refractivity contribution in [3.05, 3.63) is 170 Å². The molecule has 8 aromatic carbocycles. The molecule has 0 aliphatic heterocycles. The van der Waals surface area contributed by atoms with Gasteiger partial charge in [0, 0.05) is 38.2 Å². The summed E-state index contributed by atoms with van der Waals surface area (Å²) in [7, 11) is 0. The van der Waals surface area contributed by atoms with Crippen molar-refractivity contribution < 1.29 is 4.42 Å². The van der Waals surface area contributed by atoms with Gasteiger partial charge >= 0.3 is 0 Å². The molecule has 0 saturated carbocycles. The maximum Gasteiger partial charge on any atom is 0.166 e. The van der Waals surface area contributed by atoms with Crippen LogP contribution in [0.2, 0.25) is 0 Å². The number of hydrogen-bond donors (Lipinski definition) is 0. The maximum absolute atomic E-state index is 6.68. The molecule has 0 fully saturated rings. The molecule has 11 rings (SSSR count). The van der Waals surface area contributed by atoms with E-state index in [0.29, 0.717) is 17.5 Å². The molecule has 0 aliphatic carbocycles. The average molecular weight is 665 g/mol. The molecule has 0 unspecified atom stereocenters. The lowest BCUT2D eigenvalue weighted by Crippen LogP contribution is -2.03. The summed E-state index contributed by atoms with van der Waals surface area (Å²) in [5.41, 5.74) is 7.49. The highest BCUT2D eigenvalue weighted by molar-refractivity contribution is 6.20. The van der Waals surface area contributed by atoms with E-state index in [4.69, 9.17) is 19.4 Å². The molecule has 11 aromatic rings. The molecular formula is C47H28N4O. The fourth-order valence-electron chi connectivity index (χ4n) is 7.79. The van der Waals surface area contributed by atoms with Crippen molar-refractivity contribution in [2.75, 3.05) is 0 Å². The minimum atomic E-state index is 0.571. The van der Waals surface area contributed by atoms with Crippen LogP contribution >= 0.6 is 0 Å². The summed E-state index contributed by atoms with van der Waals surface area (Å²) in [5, 5.41) is 9.22. The van der Waals surface area contributed by atoms with Gasteiger partial charge in [-0.3, -0.25) is 0 Å². The van der Waals surface area contributed by atoms with Crippen LogP contribution in [0.25, 0.3) is 105 Å². The van der Waals surface area contributed by atoms with E-state index in [1.807, 2.05) is 60.7 Å². The molecule has 0 radical (unpaired) electrons. The van der Waals surface area contributed by atoms with Gasteiger partial charge in [0.05, 0.1) is 16.7 Å². The Hall–Kier alpha value is -7.11. The fraction of sp³-hybridized carbons (Fsp3) is 0. The minimum Gasteiger partial charge on any atom is -0.456 e. The van der Waals surface area contributed by atoms with Crippen LogP contribution in [0, 0.1) is 0 Å². The molecule has 52 heavy (non-hydrogen) atoms. The molecule has 0 saturated heterocycles. The minimum absolute atomic E-state index is 0.571.